The van der Waals surface area contributed by atoms with Crippen LogP contribution >= 0.6 is 11.6 Å². The monoisotopic (exact) mass is 647 g/mol. The van der Waals surface area contributed by atoms with Crippen molar-refractivity contribution in [1.29, 1.82) is 0 Å². The van der Waals surface area contributed by atoms with Crippen LogP contribution in [0.5, 0.6) is 0 Å². The number of carbonyl (C=O) groups excluding carboxylic acids is 3. The van der Waals surface area contributed by atoms with Gasteiger partial charge in [-0.05, 0) is 55.0 Å². The van der Waals surface area contributed by atoms with Crippen LogP contribution in [-0.4, -0.2) is 75.6 Å². The van der Waals surface area contributed by atoms with Crippen molar-refractivity contribution in [3.63, 3.8) is 0 Å². The highest BCUT2D eigenvalue weighted by Gasteiger charge is 2.80. The number of fused-ring (bicyclic) bond motifs is 1. The third-order valence-electron chi connectivity index (χ3n) is 10.7. The maximum Gasteiger partial charge on any atom is 0.253 e. The summed E-state index contributed by atoms with van der Waals surface area (Å²) in [6.45, 7) is 16.2. The Bertz CT molecular complexity index is 1470. The number of halogens is 1. The molecule has 3 aliphatic heterocycles. The molecular weight excluding hydrogens is 602 g/mol. The Morgan fingerprint density at radius 2 is 1.76 bits per heavy atom. The summed E-state index contributed by atoms with van der Waals surface area (Å²) in [5.74, 6) is -2.81. The minimum Gasteiger partial charge on any atom is -0.394 e. The molecule has 3 fully saturated rings. The Balaban J connectivity index is 1.64. The fourth-order valence-electron chi connectivity index (χ4n) is 8.11. The summed E-state index contributed by atoms with van der Waals surface area (Å²) in [7, 11) is 0. The lowest BCUT2D eigenvalue weighted by Gasteiger charge is -2.41. The molecule has 3 saturated heterocycles. The maximum atomic E-state index is 15.0. The molecule has 46 heavy (non-hydrogen) atoms. The standard InChI is InChI=1S/C37H46ClN3O5/c1-7-19-39(22-26-13-11-10-12-14-26)33(43)30-31-34(44)41(29(23-42)24(4)9-3)32(37(31)21-25(5)36(30,6)46-37)35(45)40(20-8-2)28-17-15-27(38)16-18-28/h7-8,10-18,24-25,29-32,42H,1-2,9,19-23H2,3-6H3/t24-,25?,29-,30-,31-,32?,36+,37?/m0/s1. The molecular formula is C37H46ClN3O5. The molecule has 3 unspecified atom stereocenters. The first kappa shape index (κ1) is 33.9. The Hall–Kier alpha value is -3.46. The number of nitrogens with zero attached hydrogens (tertiary/aromatic N) is 3. The van der Waals surface area contributed by atoms with Gasteiger partial charge in [-0.1, -0.05) is 81.3 Å². The van der Waals surface area contributed by atoms with Gasteiger partial charge in [0.2, 0.25) is 11.8 Å². The zero-order chi connectivity index (χ0) is 33.4. The number of ether oxygens (including phenoxy) is 1. The fraction of sp³-hybridized carbons (Fsp3) is 0.486. The number of benzene rings is 2. The van der Waals surface area contributed by atoms with E-state index in [9.17, 15) is 19.5 Å². The average Bonchev–Trinajstić information content (AvgIpc) is 3.56. The van der Waals surface area contributed by atoms with Crippen LogP contribution in [0.4, 0.5) is 5.69 Å². The van der Waals surface area contributed by atoms with E-state index in [0.717, 1.165) is 5.56 Å². The number of aliphatic hydroxyl groups is 1. The molecule has 3 amide bonds. The quantitative estimate of drug-likeness (QED) is 0.291. The number of amides is 3. The van der Waals surface area contributed by atoms with Gasteiger partial charge in [-0.2, -0.15) is 0 Å². The van der Waals surface area contributed by atoms with Crippen molar-refractivity contribution in [3.05, 3.63) is 90.5 Å². The third kappa shape index (κ3) is 5.48. The minimum atomic E-state index is -1.26. The van der Waals surface area contributed by atoms with E-state index in [0.29, 0.717) is 36.6 Å². The molecule has 1 spiro atoms. The van der Waals surface area contributed by atoms with Gasteiger partial charge in [0.05, 0.1) is 30.1 Å². The van der Waals surface area contributed by atoms with Crippen LogP contribution in [0.25, 0.3) is 0 Å². The number of anilines is 1. The molecule has 1 N–H and O–H groups in total. The normalized spacial score (nSPS) is 29.3. The SMILES string of the molecule is C=CCN(Cc1ccccc1)C(=O)[C@@H]1[C@H]2C(=O)N([C@@H](CO)[C@@H](C)CC)C(C(=O)N(CC=C)c3ccc(Cl)cc3)C23CC(C)[C@@]1(C)O3. The molecule has 0 aliphatic carbocycles. The second-order valence-electron chi connectivity index (χ2n) is 13.3. The molecule has 8 atom stereocenters. The lowest BCUT2D eigenvalue weighted by atomic mass is 9.62. The van der Waals surface area contributed by atoms with Crippen molar-refractivity contribution in [2.24, 2.45) is 23.7 Å². The summed E-state index contributed by atoms with van der Waals surface area (Å²) in [6, 6.07) is 15.0. The van der Waals surface area contributed by atoms with E-state index in [1.54, 1.807) is 51.1 Å². The van der Waals surface area contributed by atoms with Gasteiger partial charge in [0.25, 0.3) is 5.91 Å². The highest BCUT2D eigenvalue weighted by atomic mass is 35.5. The lowest BCUT2D eigenvalue weighted by Crippen LogP contribution is -2.60. The first-order valence-corrected chi connectivity index (χ1v) is 16.6. The van der Waals surface area contributed by atoms with Crippen molar-refractivity contribution in [2.75, 3.05) is 24.6 Å². The van der Waals surface area contributed by atoms with Crippen molar-refractivity contribution in [2.45, 2.75) is 70.4 Å². The van der Waals surface area contributed by atoms with Crippen LogP contribution in [0, 0.1) is 23.7 Å². The molecule has 246 valence electrons. The topological polar surface area (TPSA) is 90.4 Å². The summed E-state index contributed by atoms with van der Waals surface area (Å²) in [4.78, 5) is 49.5. The molecule has 2 aromatic carbocycles. The molecule has 0 aromatic heterocycles. The van der Waals surface area contributed by atoms with Gasteiger partial charge in [0.15, 0.2) is 0 Å². The summed E-state index contributed by atoms with van der Waals surface area (Å²) in [5, 5.41) is 11.3. The first-order valence-electron chi connectivity index (χ1n) is 16.2. The molecule has 5 rings (SSSR count). The van der Waals surface area contributed by atoms with Gasteiger partial charge in [-0.3, -0.25) is 14.4 Å². The first-order chi connectivity index (χ1) is 22.0. The predicted octanol–water partition coefficient (Wildman–Crippen LogP) is 5.49. The summed E-state index contributed by atoms with van der Waals surface area (Å²) >= 11 is 6.19. The van der Waals surface area contributed by atoms with E-state index in [1.165, 1.54) is 0 Å². The van der Waals surface area contributed by atoms with E-state index in [2.05, 4.69) is 13.2 Å². The highest BCUT2D eigenvalue weighted by Crippen LogP contribution is 2.66. The van der Waals surface area contributed by atoms with E-state index in [1.807, 2.05) is 58.0 Å². The third-order valence-corrected chi connectivity index (χ3v) is 10.9. The second kappa shape index (κ2) is 13.3. The lowest BCUT2D eigenvalue weighted by molar-refractivity contribution is -0.155. The molecule has 2 bridgehead atoms. The molecule has 9 heteroatoms. The van der Waals surface area contributed by atoms with Crippen molar-refractivity contribution in [1.82, 2.24) is 9.80 Å². The minimum absolute atomic E-state index is 0.113. The van der Waals surface area contributed by atoms with E-state index >= 15 is 0 Å². The predicted molar refractivity (Wildman–Crippen MR) is 180 cm³/mol. The molecule has 3 heterocycles. The molecule has 0 radical (unpaired) electrons. The average molecular weight is 648 g/mol. The van der Waals surface area contributed by atoms with E-state index < -0.39 is 35.1 Å². The summed E-state index contributed by atoms with van der Waals surface area (Å²) in [6.07, 6.45) is 4.44. The van der Waals surface area contributed by atoms with Gasteiger partial charge in [0, 0.05) is 30.3 Å². The molecule has 0 saturated carbocycles. The van der Waals surface area contributed by atoms with Gasteiger partial charge in [-0.15, -0.1) is 13.2 Å². The van der Waals surface area contributed by atoms with Crippen LogP contribution in [0.1, 0.15) is 46.1 Å². The number of hydrogen-bond donors (Lipinski definition) is 1. The van der Waals surface area contributed by atoms with Crippen LogP contribution in [-0.2, 0) is 25.7 Å². The Morgan fingerprint density at radius 1 is 1.11 bits per heavy atom. The Labute approximate surface area is 277 Å². The maximum absolute atomic E-state index is 15.0. The van der Waals surface area contributed by atoms with Crippen molar-refractivity contribution in [3.8, 4) is 0 Å². The zero-order valence-electron chi connectivity index (χ0n) is 27.3. The van der Waals surface area contributed by atoms with Gasteiger partial charge in [-0.25, -0.2) is 0 Å². The molecule has 3 aliphatic rings. The van der Waals surface area contributed by atoms with Crippen molar-refractivity contribution < 1.29 is 24.2 Å². The molecule has 8 nitrogen and oxygen atoms in total. The van der Waals surface area contributed by atoms with E-state index in [4.69, 9.17) is 16.3 Å². The Kier molecular flexibility index (Phi) is 9.83. The van der Waals surface area contributed by atoms with Gasteiger partial charge >= 0.3 is 0 Å². The number of carbonyl (C=O) groups is 3. The molecule has 2 aromatic rings. The van der Waals surface area contributed by atoms with E-state index in [-0.39, 0.29) is 42.7 Å². The smallest absolute Gasteiger partial charge is 0.253 e. The van der Waals surface area contributed by atoms with Crippen molar-refractivity contribution >= 4 is 35.0 Å². The van der Waals surface area contributed by atoms with Gasteiger partial charge in [0.1, 0.15) is 11.6 Å². The summed E-state index contributed by atoms with van der Waals surface area (Å²) in [5.41, 5.74) is -0.679. The number of likely N-dealkylation sites (tertiary alicyclic amines) is 1. The van der Waals surface area contributed by atoms with Crippen LogP contribution in [0.3, 0.4) is 0 Å². The zero-order valence-corrected chi connectivity index (χ0v) is 28.0. The second-order valence-corrected chi connectivity index (χ2v) is 13.7. The number of rotatable bonds is 13. The van der Waals surface area contributed by atoms with Crippen LogP contribution in [0.2, 0.25) is 5.02 Å². The van der Waals surface area contributed by atoms with Gasteiger partial charge < -0.3 is 24.5 Å². The Morgan fingerprint density at radius 3 is 2.35 bits per heavy atom. The van der Waals surface area contributed by atoms with Crippen LogP contribution in [0.15, 0.2) is 79.9 Å². The fourth-order valence-corrected chi connectivity index (χ4v) is 8.24. The number of hydrogen-bond acceptors (Lipinski definition) is 5. The summed E-state index contributed by atoms with van der Waals surface area (Å²) < 4.78 is 7.01. The number of aliphatic hydroxyl groups excluding tert-OH is 1. The van der Waals surface area contributed by atoms with Crippen LogP contribution < -0.4 is 4.90 Å². The largest absolute Gasteiger partial charge is 0.394 e. The highest BCUT2D eigenvalue weighted by molar-refractivity contribution is 6.30.